The van der Waals surface area contributed by atoms with Gasteiger partial charge >= 0.3 is 18.2 Å². The normalized spacial score (nSPS) is 21.8. The fourth-order valence-corrected chi connectivity index (χ4v) is 3.83. The number of piperidine rings is 1. The van der Waals surface area contributed by atoms with Crippen molar-refractivity contribution in [1.29, 1.82) is 0 Å². The Hall–Kier alpha value is -2.73. The molecule has 3 heterocycles. The summed E-state index contributed by atoms with van der Waals surface area (Å²) in [6.07, 6.45) is -3.03. The van der Waals surface area contributed by atoms with Gasteiger partial charge in [-0.15, -0.1) is 5.10 Å². The molecule has 1 spiro atoms. The van der Waals surface area contributed by atoms with Crippen LogP contribution in [0.3, 0.4) is 0 Å². The molecule has 2 aliphatic rings. The molecule has 2 aromatic rings. The van der Waals surface area contributed by atoms with E-state index in [1.165, 1.54) is 12.1 Å². The van der Waals surface area contributed by atoms with Gasteiger partial charge in [-0.2, -0.15) is 13.2 Å². The highest BCUT2D eigenvalue weighted by Crippen LogP contribution is 2.31. The van der Waals surface area contributed by atoms with Crippen molar-refractivity contribution in [2.75, 3.05) is 37.7 Å². The molecule has 1 aromatic heterocycles. The third kappa shape index (κ3) is 6.39. The van der Waals surface area contributed by atoms with E-state index in [1.807, 2.05) is 12.1 Å². The van der Waals surface area contributed by atoms with Gasteiger partial charge in [-0.25, -0.2) is 9.18 Å². The van der Waals surface area contributed by atoms with E-state index in [4.69, 9.17) is 19.1 Å². The molecule has 12 heteroatoms. The monoisotopic (exact) mass is 460 g/mol. The number of anilines is 1. The molecule has 2 fully saturated rings. The van der Waals surface area contributed by atoms with Crippen molar-refractivity contribution in [2.45, 2.75) is 38.1 Å². The van der Waals surface area contributed by atoms with Crippen molar-refractivity contribution in [2.24, 2.45) is 0 Å². The average Bonchev–Trinajstić information content (AvgIpc) is 3.16. The van der Waals surface area contributed by atoms with Gasteiger partial charge in [0.05, 0.1) is 18.8 Å². The Bertz CT molecular complexity index is 902. The second-order valence-corrected chi connectivity index (χ2v) is 7.80. The summed E-state index contributed by atoms with van der Waals surface area (Å²) >= 11 is 0. The molecule has 1 unspecified atom stereocenters. The predicted molar refractivity (Wildman–Crippen MR) is 105 cm³/mol. The van der Waals surface area contributed by atoms with Gasteiger partial charge in [-0.1, -0.05) is 17.2 Å². The molecule has 0 saturated carbocycles. The summed E-state index contributed by atoms with van der Waals surface area (Å²) in [5.74, 6) is -2.37. The SMILES string of the molecule is Cc1nnc(N2CCCC3(CN(Cc4ccc(F)cc4)CCO3)C2)o1.O=C(O)C(F)(F)F. The van der Waals surface area contributed by atoms with Crippen molar-refractivity contribution in [3.8, 4) is 0 Å². The first-order valence-corrected chi connectivity index (χ1v) is 10.0. The molecule has 1 aromatic carbocycles. The summed E-state index contributed by atoms with van der Waals surface area (Å²) in [7, 11) is 0. The van der Waals surface area contributed by atoms with E-state index in [0.717, 1.165) is 51.1 Å². The lowest BCUT2D eigenvalue weighted by Crippen LogP contribution is -2.59. The number of aromatic nitrogens is 2. The molecule has 0 radical (unpaired) electrons. The molecular formula is C20H24F4N4O4. The Kier molecular flexibility index (Phi) is 7.34. The molecule has 2 aliphatic heterocycles. The van der Waals surface area contributed by atoms with Crippen LogP contribution < -0.4 is 4.90 Å². The zero-order chi connectivity index (χ0) is 23.4. The summed E-state index contributed by atoms with van der Waals surface area (Å²) in [5, 5.41) is 15.2. The van der Waals surface area contributed by atoms with E-state index in [-0.39, 0.29) is 11.4 Å². The maximum Gasteiger partial charge on any atom is 0.490 e. The van der Waals surface area contributed by atoms with E-state index in [1.54, 1.807) is 6.92 Å². The van der Waals surface area contributed by atoms with Crippen LogP contribution in [0.15, 0.2) is 28.7 Å². The largest absolute Gasteiger partial charge is 0.490 e. The fraction of sp³-hybridized carbons (Fsp3) is 0.550. The van der Waals surface area contributed by atoms with Gasteiger partial charge in [-0.3, -0.25) is 4.90 Å². The maximum atomic E-state index is 13.1. The van der Waals surface area contributed by atoms with Crippen LogP contribution in [-0.4, -0.2) is 70.7 Å². The second-order valence-electron chi connectivity index (χ2n) is 7.80. The number of aliphatic carboxylic acids is 1. The number of halogens is 4. The minimum atomic E-state index is -5.08. The van der Waals surface area contributed by atoms with Crippen LogP contribution >= 0.6 is 0 Å². The number of hydrogen-bond donors (Lipinski definition) is 1. The minimum absolute atomic E-state index is 0.194. The lowest BCUT2D eigenvalue weighted by atomic mass is 9.90. The number of morpholine rings is 1. The van der Waals surface area contributed by atoms with Crippen LogP contribution in [0.2, 0.25) is 0 Å². The van der Waals surface area contributed by atoms with E-state index in [9.17, 15) is 17.6 Å². The highest BCUT2D eigenvalue weighted by molar-refractivity contribution is 5.73. The third-order valence-electron chi connectivity index (χ3n) is 5.21. The van der Waals surface area contributed by atoms with Gasteiger partial charge in [0.15, 0.2) is 0 Å². The Morgan fingerprint density at radius 2 is 1.88 bits per heavy atom. The summed E-state index contributed by atoms with van der Waals surface area (Å²) in [4.78, 5) is 13.4. The molecule has 8 nitrogen and oxygen atoms in total. The van der Waals surface area contributed by atoms with Crippen LogP contribution in [0.5, 0.6) is 0 Å². The quantitative estimate of drug-likeness (QED) is 0.699. The van der Waals surface area contributed by atoms with Crippen molar-refractivity contribution >= 4 is 12.0 Å². The summed E-state index contributed by atoms with van der Waals surface area (Å²) in [6.45, 7) is 6.73. The third-order valence-corrected chi connectivity index (χ3v) is 5.21. The Labute approximate surface area is 181 Å². The summed E-state index contributed by atoms with van der Waals surface area (Å²) in [5.41, 5.74) is 0.914. The molecule has 0 amide bonds. The number of rotatable bonds is 3. The highest BCUT2D eigenvalue weighted by atomic mass is 19.4. The van der Waals surface area contributed by atoms with Crippen molar-refractivity contribution < 1.29 is 36.6 Å². The van der Waals surface area contributed by atoms with Crippen LogP contribution in [-0.2, 0) is 16.1 Å². The van der Waals surface area contributed by atoms with E-state index in [0.29, 0.717) is 18.5 Å². The zero-order valence-electron chi connectivity index (χ0n) is 17.4. The summed E-state index contributed by atoms with van der Waals surface area (Å²) < 4.78 is 56.6. The van der Waals surface area contributed by atoms with Gasteiger partial charge < -0.3 is 19.2 Å². The first-order valence-electron chi connectivity index (χ1n) is 10.0. The lowest BCUT2D eigenvalue weighted by Gasteiger charge is -2.47. The van der Waals surface area contributed by atoms with Gasteiger partial charge in [0.2, 0.25) is 5.89 Å². The zero-order valence-corrected chi connectivity index (χ0v) is 17.4. The minimum Gasteiger partial charge on any atom is -0.475 e. The number of alkyl halides is 3. The maximum absolute atomic E-state index is 13.1. The molecule has 0 aliphatic carbocycles. The van der Waals surface area contributed by atoms with Crippen LogP contribution in [0.1, 0.15) is 24.3 Å². The first kappa shape index (κ1) is 23.9. The highest BCUT2D eigenvalue weighted by Gasteiger charge is 2.41. The van der Waals surface area contributed by atoms with E-state index < -0.39 is 12.1 Å². The van der Waals surface area contributed by atoms with Gasteiger partial charge in [0.1, 0.15) is 5.82 Å². The van der Waals surface area contributed by atoms with Crippen molar-refractivity contribution in [1.82, 2.24) is 15.1 Å². The smallest absolute Gasteiger partial charge is 0.475 e. The number of benzene rings is 1. The number of hydrogen-bond acceptors (Lipinski definition) is 7. The van der Waals surface area contributed by atoms with Crippen LogP contribution in [0, 0.1) is 12.7 Å². The standard InChI is InChI=1S/C18H23FN4O2.C2HF3O2/c1-14-20-21-17(25-14)23-8-2-7-18(13-23)12-22(9-10-24-18)11-15-3-5-16(19)6-4-15;3-2(4,5)1(6)7/h3-6H,2,7-13H2,1H3;(H,6,7). The van der Waals surface area contributed by atoms with Crippen LogP contribution in [0.4, 0.5) is 23.6 Å². The molecule has 2 saturated heterocycles. The Balaban J connectivity index is 0.000000360. The molecule has 32 heavy (non-hydrogen) atoms. The predicted octanol–water partition coefficient (Wildman–Crippen LogP) is 3.02. The number of carboxylic acid groups (broad SMARTS) is 1. The number of carboxylic acids is 1. The van der Waals surface area contributed by atoms with Gasteiger partial charge in [0, 0.05) is 33.1 Å². The lowest BCUT2D eigenvalue weighted by molar-refractivity contribution is -0.192. The molecule has 1 N–H and O–H groups in total. The molecule has 4 rings (SSSR count). The van der Waals surface area contributed by atoms with Crippen LogP contribution in [0.25, 0.3) is 0 Å². The van der Waals surface area contributed by atoms with Crippen molar-refractivity contribution in [3.05, 3.63) is 41.5 Å². The molecule has 0 bridgehead atoms. The van der Waals surface area contributed by atoms with E-state index in [2.05, 4.69) is 20.0 Å². The molecular weight excluding hydrogens is 436 g/mol. The number of carbonyl (C=O) groups is 1. The van der Waals surface area contributed by atoms with E-state index >= 15 is 0 Å². The molecule has 1 atom stereocenters. The second kappa shape index (κ2) is 9.82. The first-order chi connectivity index (χ1) is 15.1. The molecule has 176 valence electrons. The number of ether oxygens (including phenoxy) is 1. The Morgan fingerprint density at radius 3 is 2.47 bits per heavy atom. The van der Waals surface area contributed by atoms with Crippen molar-refractivity contribution in [3.63, 3.8) is 0 Å². The fourth-order valence-electron chi connectivity index (χ4n) is 3.83. The van der Waals surface area contributed by atoms with Gasteiger partial charge in [-0.05, 0) is 30.5 Å². The Morgan fingerprint density at radius 1 is 1.19 bits per heavy atom. The topological polar surface area (TPSA) is 91.9 Å². The van der Waals surface area contributed by atoms with Gasteiger partial charge in [0.25, 0.3) is 0 Å². The average molecular weight is 460 g/mol. The number of nitrogens with zero attached hydrogens (tertiary/aromatic N) is 4. The summed E-state index contributed by atoms with van der Waals surface area (Å²) in [6, 6.07) is 7.32. The number of aryl methyl sites for hydroxylation is 1.